The number of fused-ring (bicyclic) bond motifs is 7. The van der Waals surface area contributed by atoms with Crippen LogP contribution < -0.4 is 0 Å². The minimum absolute atomic E-state index is 0.0336. The van der Waals surface area contributed by atoms with E-state index in [4.69, 9.17) is 28.4 Å². The zero-order chi connectivity index (χ0) is 48.2. The number of esters is 1. The second kappa shape index (κ2) is 18.2. The maximum atomic E-state index is 14.9. The van der Waals surface area contributed by atoms with Gasteiger partial charge in [-0.2, -0.15) is 0 Å². The summed E-state index contributed by atoms with van der Waals surface area (Å²) in [5.74, 6) is -0.378. The third kappa shape index (κ3) is 7.71. The lowest BCUT2D eigenvalue weighted by atomic mass is 9.34. The fraction of sp³-hybridized carbons (Fsp3) is 0.896. The number of hydrogen-bond donors (Lipinski definition) is 11. The van der Waals surface area contributed by atoms with E-state index in [1.807, 2.05) is 6.92 Å². The molecule has 11 N–H and O–H groups in total. The van der Waals surface area contributed by atoms with Gasteiger partial charge in [0.1, 0.15) is 73.2 Å². The Labute approximate surface area is 386 Å². The standard InChI is InChI=1S/C48H76O18/c1-21(2)22-10-15-48(43(60)66-42-39(59)36(56)33(53)26(64-42)20-61-40-37(57)34(54)31(51)24(18-49)62-40)17-16-46(6)23(30(22)48)8-9-28-45(5)13-12-29(44(3,4)27(45)11-14-47(28,46)7)65-41-38(58)35(55)32(52)25(19-50)63-41/h8,22,24-42,49-59H,1,9-20H2,2-7H3. The lowest BCUT2D eigenvalue weighted by Gasteiger charge is -2.70. The van der Waals surface area contributed by atoms with Crippen molar-refractivity contribution in [1.82, 2.24) is 0 Å². The lowest BCUT2D eigenvalue weighted by molar-refractivity contribution is -0.330. The van der Waals surface area contributed by atoms with Crippen molar-refractivity contribution >= 4 is 5.97 Å². The van der Waals surface area contributed by atoms with Crippen molar-refractivity contribution in [3.8, 4) is 0 Å². The van der Waals surface area contributed by atoms with Gasteiger partial charge in [-0.3, -0.25) is 4.79 Å². The van der Waals surface area contributed by atoms with Crippen LogP contribution in [0.2, 0.25) is 0 Å². The molecular formula is C48H76O18. The number of carbonyl (C=O) groups is 1. The fourth-order valence-electron chi connectivity index (χ4n) is 15.0. The summed E-state index contributed by atoms with van der Waals surface area (Å²) >= 11 is 0. The molecule has 0 bridgehead atoms. The van der Waals surface area contributed by atoms with Crippen LogP contribution in [-0.4, -0.2) is 180 Å². The molecule has 4 saturated carbocycles. The Balaban J connectivity index is 1.01. The molecule has 3 saturated heterocycles. The molecule has 5 aliphatic carbocycles. The highest BCUT2D eigenvalue weighted by molar-refractivity contribution is 5.79. The lowest BCUT2D eigenvalue weighted by Crippen LogP contribution is -2.66. The fourth-order valence-corrected chi connectivity index (χ4v) is 15.0. The summed E-state index contributed by atoms with van der Waals surface area (Å²) in [6.07, 6.45) is -14.5. The van der Waals surface area contributed by atoms with Gasteiger partial charge in [-0.15, -0.1) is 0 Å². The van der Waals surface area contributed by atoms with E-state index < -0.39 is 123 Å². The van der Waals surface area contributed by atoms with Gasteiger partial charge in [0.15, 0.2) is 12.6 Å². The largest absolute Gasteiger partial charge is 0.432 e. The molecule has 8 aliphatic rings. The maximum Gasteiger partial charge on any atom is 0.315 e. The Morgan fingerprint density at radius 2 is 1.23 bits per heavy atom. The van der Waals surface area contributed by atoms with Gasteiger partial charge < -0.3 is 84.6 Å². The molecule has 0 radical (unpaired) electrons. The van der Waals surface area contributed by atoms with Gasteiger partial charge in [0.05, 0.1) is 31.3 Å². The van der Waals surface area contributed by atoms with E-state index in [-0.39, 0.29) is 51.4 Å². The van der Waals surface area contributed by atoms with Crippen LogP contribution >= 0.6 is 0 Å². The third-order valence-electron chi connectivity index (χ3n) is 19.1. The molecule has 3 heterocycles. The number of rotatable bonds is 10. The Bertz CT molecular complexity index is 1830. The van der Waals surface area contributed by atoms with Crippen LogP contribution in [0.25, 0.3) is 0 Å². The Hall–Kier alpha value is -1.69. The normalized spacial score (nSPS) is 53.4. The number of aliphatic hydroxyl groups excluding tert-OH is 11. The molecule has 376 valence electrons. The van der Waals surface area contributed by atoms with Gasteiger partial charge in [-0.05, 0) is 104 Å². The van der Waals surface area contributed by atoms with Crippen molar-refractivity contribution < 1.29 is 89.4 Å². The molecule has 0 aromatic rings. The van der Waals surface area contributed by atoms with Crippen LogP contribution in [-0.2, 0) is 33.2 Å². The molecular weight excluding hydrogens is 865 g/mol. The topological polar surface area (TPSA) is 295 Å². The molecule has 8 rings (SSSR count). The second-order valence-corrected chi connectivity index (χ2v) is 22.6. The number of aliphatic hydroxyl groups is 11. The number of ether oxygens (including phenoxy) is 6. The van der Waals surface area contributed by atoms with Gasteiger partial charge in [-0.25, -0.2) is 0 Å². The number of hydrogen-bond acceptors (Lipinski definition) is 18. The molecule has 24 unspecified atom stereocenters. The van der Waals surface area contributed by atoms with E-state index in [0.717, 1.165) is 31.3 Å². The summed E-state index contributed by atoms with van der Waals surface area (Å²) in [6.45, 7) is 16.2. The van der Waals surface area contributed by atoms with Gasteiger partial charge in [0.25, 0.3) is 0 Å². The van der Waals surface area contributed by atoms with E-state index in [1.165, 1.54) is 5.57 Å². The van der Waals surface area contributed by atoms with Gasteiger partial charge >= 0.3 is 5.97 Å². The second-order valence-electron chi connectivity index (χ2n) is 22.6. The third-order valence-corrected chi connectivity index (χ3v) is 19.1. The first-order chi connectivity index (χ1) is 30.9. The van der Waals surface area contributed by atoms with Crippen molar-refractivity contribution in [2.24, 2.45) is 50.7 Å². The van der Waals surface area contributed by atoms with E-state index in [2.05, 4.69) is 47.3 Å². The summed E-state index contributed by atoms with van der Waals surface area (Å²) in [6, 6.07) is 0. The Morgan fingerprint density at radius 3 is 1.83 bits per heavy atom. The average molecular weight is 941 g/mol. The van der Waals surface area contributed by atoms with E-state index in [0.29, 0.717) is 32.1 Å². The highest BCUT2D eigenvalue weighted by Gasteiger charge is 2.71. The highest BCUT2D eigenvalue weighted by atomic mass is 16.7. The van der Waals surface area contributed by atoms with Crippen molar-refractivity contribution in [3.63, 3.8) is 0 Å². The molecule has 0 aromatic heterocycles. The predicted molar refractivity (Wildman–Crippen MR) is 230 cm³/mol. The Morgan fingerprint density at radius 1 is 0.667 bits per heavy atom. The van der Waals surface area contributed by atoms with Gasteiger partial charge in [0, 0.05) is 5.92 Å². The molecule has 0 aromatic carbocycles. The number of carbonyl (C=O) groups excluding carboxylic acids is 1. The molecule has 3 aliphatic heterocycles. The van der Waals surface area contributed by atoms with Crippen LogP contribution in [0.5, 0.6) is 0 Å². The van der Waals surface area contributed by atoms with Gasteiger partial charge in [0.2, 0.25) is 6.29 Å². The van der Waals surface area contributed by atoms with Crippen molar-refractivity contribution in [3.05, 3.63) is 23.8 Å². The summed E-state index contributed by atoms with van der Waals surface area (Å²) in [5, 5.41) is 115. The minimum atomic E-state index is -1.82. The average Bonchev–Trinajstić information content (AvgIpc) is 3.68. The molecule has 0 spiro atoms. The molecule has 66 heavy (non-hydrogen) atoms. The maximum absolute atomic E-state index is 14.9. The van der Waals surface area contributed by atoms with E-state index in [9.17, 15) is 61.0 Å². The van der Waals surface area contributed by atoms with Crippen LogP contribution in [0, 0.1) is 50.7 Å². The first-order valence-corrected chi connectivity index (χ1v) is 24.1. The first kappa shape index (κ1) is 50.7. The Kier molecular flexibility index (Phi) is 14.0. The quantitative estimate of drug-likeness (QED) is 0.0776. The molecule has 18 nitrogen and oxygen atoms in total. The molecule has 24 atom stereocenters. The number of allylic oxidation sites excluding steroid dienone is 3. The first-order valence-electron chi connectivity index (χ1n) is 24.1. The summed E-state index contributed by atoms with van der Waals surface area (Å²) in [5.41, 5.74) is 0.212. The van der Waals surface area contributed by atoms with E-state index in [1.54, 1.807) is 0 Å². The molecule has 0 amide bonds. The minimum Gasteiger partial charge on any atom is -0.432 e. The molecule has 7 fully saturated rings. The molecule has 18 heteroatoms. The predicted octanol–water partition coefficient (Wildman–Crippen LogP) is -0.0835. The summed E-state index contributed by atoms with van der Waals surface area (Å²) < 4.78 is 35.4. The van der Waals surface area contributed by atoms with Crippen LogP contribution in [0.3, 0.4) is 0 Å². The zero-order valence-electron chi connectivity index (χ0n) is 39.1. The monoisotopic (exact) mass is 941 g/mol. The zero-order valence-corrected chi connectivity index (χ0v) is 39.1. The van der Waals surface area contributed by atoms with Crippen molar-refractivity contribution in [2.75, 3.05) is 19.8 Å². The van der Waals surface area contributed by atoms with Crippen molar-refractivity contribution in [1.29, 1.82) is 0 Å². The highest BCUT2D eigenvalue weighted by Crippen LogP contribution is 2.76. The van der Waals surface area contributed by atoms with Crippen LogP contribution in [0.15, 0.2) is 23.8 Å². The van der Waals surface area contributed by atoms with Crippen molar-refractivity contribution in [2.45, 2.75) is 198 Å². The SMILES string of the molecule is C=C(C)C1CCC2(C(=O)OC3OC(COC4OC(CO)C(O)C(O)C4O)C(O)C(O)C3O)CCC3(C)C(=CCC4C5(C)CCC(OC6OC(CO)C(O)C(O)C6O)C(C)(C)C5CCC43C)C12. The summed E-state index contributed by atoms with van der Waals surface area (Å²) in [4.78, 5) is 14.9. The van der Waals surface area contributed by atoms with Gasteiger partial charge in [-0.1, -0.05) is 58.4 Å². The van der Waals surface area contributed by atoms with Crippen LogP contribution in [0.4, 0.5) is 0 Å². The summed E-state index contributed by atoms with van der Waals surface area (Å²) in [7, 11) is 0. The smallest absolute Gasteiger partial charge is 0.315 e. The van der Waals surface area contributed by atoms with E-state index >= 15 is 0 Å². The van der Waals surface area contributed by atoms with Crippen LogP contribution in [0.1, 0.15) is 99.3 Å².